The average Bonchev–Trinajstić information content (AvgIpc) is 3.24. The molecule has 2 aliphatic rings. The fourth-order valence-corrected chi connectivity index (χ4v) is 2.71. The molecule has 2 heteroatoms. The third kappa shape index (κ3) is 2.88. The van der Waals surface area contributed by atoms with Gasteiger partial charge in [0.25, 0.3) is 0 Å². The Kier molecular flexibility index (Phi) is 3.17. The van der Waals surface area contributed by atoms with E-state index in [1.165, 1.54) is 31.2 Å². The lowest BCUT2D eigenvalue weighted by Gasteiger charge is -2.21. The number of benzene rings is 1. The average molecular weight is 230 g/mol. The fraction of sp³-hybridized carbons (Fsp3) is 0.600. The van der Waals surface area contributed by atoms with Gasteiger partial charge in [-0.05, 0) is 43.1 Å². The van der Waals surface area contributed by atoms with E-state index in [1.807, 2.05) is 6.07 Å². The Balaban J connectivity index is 1.52. The largest absolute Gasteiger partial charge is 0.323 e. The minimum absolute atomic E-state index is 0.135. The first-order valence-corrected chi connectivity index (χ1v) is 6.88. The summed E-state index contributed by atoms with van der Waals surface area (Å²) in [5, 5.41) is 3.72. The zero-order valence-corrected chi connectivity index (χ0v) is 10.3. The Bertz CT molecular complexity index is 342. The second kappa shape index (κ2) is 4.79. The summed E-state index contributed by atoms with van der Waals surface area (Å²) in [7, 11) is 0. The van der Waals surface area contributed by atoms with Crippen LogP contribution in [0.3, 0.4) is 0 Å². The molecule has 0 radical (unpaired) electrons. The molecule has 2 saturated carbocycles. The zero-order chi connectivity index (χ0) is 11.7. The quantitative estimate of drug-likeness (QED) is 0.788. The van der Waals surface area contributed by atoms with Gasteiger partial charge in [-0.3, -0.25) is 0 Å². The van der Waals surface area contributed by atoms with E-state index in [0.717, 1.165) is 24.4 Å². The first kappa shape index (κ1) is 11.2. The molecule has 2 fully saturated rings. The maximum Gasteiger partial charge on any atom is 0.0421 e. The third-order valence-corrected chi connectivity index (χ3v) is 4.06. The van der Waals surface area contributed by atoms with Crippen molar-refractivity contribution in [2.24, 2.45) is 17.6 Å². The van der Waals surface area contributed by atoms with Gasteiger partial charge >= 0.3 is 0 Å². The molecule has 2 aliphatic carbocycles. The maximum absolute atomic E-state index is 6.22. The molecule has 1 atom stereocenters. The topological polar surface area (TPSA) is 38.0 Å². The molecule has 0 amide bonds. The van der Waals surface area contributed by atoms with Crippen LogP contribution in [0.15, 0.2) is 30.3 Å². The molecular formula is C15H22N2. The fourth-order valence-electron chi connectivity index (χ4n) is 2.71. The van der Waals surface area contributed by atoms with E-state index >= 15 is 0 Å². The lowest BCUT2D eigenvalue weighted by Crippen LogP contribution is -2.38. The summed E-state index contributed by atoms with van der Waals surface area (Å²) in [6, 6.07) is 11.3. The van der Waals surface area contributed by atoms with Gasteiger partial charge in [0.15, 0.2) is 0 Å². The van der Waals surface area contributed by atoms with Crippen molar-refractivity contribution in [2.45, 2.75) is 37.8 Å². The van der Waals surface area contributed by atoms with Gasteiger partial charge in [0.1, 0.15) is 0 Å². The highest BCUT2D eigenvalue weighted by molar-refractivity contribution is 5.18. The summed E-state index contributed by atoms with van der Waals surface area (Å²) in [4.78, 5) is 0. The van der Waals surface area contributed by atoms with Crippen LogP contribution in [0.1, 0.15) is 37.3 Å². The van der Waals surface area contributed by atoms with Crippen molar-refractivity contribution < 1.29 is 0 Å². The highest BCUT2D eigenvalue weighted by Crippen LogP contribution is 2.44. The van der Waals surface area contributed by atoms with Crippen molar-refractivity contribution in [1.82, 2.24) is 5.32 Å². The second-order valence-electron chi connectivity index (χ2n) is 5.63. The van der Waals surface area contributed by atoms with Crippen LogP contribution in [-0.2, 0) is 0 Å². The second-order valence-corrected chi connectivity index (χ2v) is 5.63. The number of nitrogens with two attached hydrogens (primary N) is 1. The van der Waals surface area contributed by atoms with E-state index in [0.29, 0.717) is 0 Å². The zero-order valence-electron chi connectivity index (χ0n) is 10.3. The molecule has 1 aromatic rings. The van der Waals surface area contributed by atoms with Crippen molar-refractivity contribution in [2.75, 3.05) is 6.54 Å². The summed E-state index contributed by atoms with van der Waals surface area (Å²) in [5.41, 5.74) is 7.46. The van der Waals surface area contributed by atoms with Crippen molar-refractivity contribution in [1.29, 1.82) is 0 Å². The predicted molar refractivity (Wildman–Crippen MR) is 70.6 cm³/mol. The normalized spacial score (nSPS) is 21.8. The molecule has 3 rings (SSSR count). The minimum atomic E-state index is 0.135. The monoisotopic (exact) mass is 230 g/mol. The van der Waals surface area contributed by atoms with Crippen molar-refractivity contribution in [3.8, 4) is 0 Å². The number of hydrogen-bond acceptors (Lipinski definition) is 2. The standard InChI is InChI=1S/C15H22N2/c16-14(11-4-2-1-3-5-11)10-17-15(12-6-7-12)13-8-9-13/h1-5,12-15,17H,6-10,16H2/t14-/m1/s1. The van der Waals surface area contributed by atoms with Crippen LogP contribution in [0.5, 0.6) is 0 Å². The lowest BCUT2D eigenvalue weighted by molar-refractivity contribution is 0.403. The summed E-state index contributed by atoms with van der Waals surface area (Å²) in [5.74, 6) is 1.90. The van der Waals surface area contributed by atoms with Crippen LogP contribution >= 0.6 is 0 Å². The molecule has 17 heavy (non-hydrogen) atoms. The third-order valence-electron chi connectivity index (χ3n) is 4.06. The minimum Gasteiger partial charge on any atom is -0.323 e. The molecule has 0 unspecified atom stereocenters. The van der Waals surface area contributed by atoms with Crippen LogP contribution < -0.4 is 11.1 Å². The van der Waals surface area contributed by atoms with Crippen LogP contribution in [-0.4, -0.2) is 12.6 Å². The van der Waals surface area contributed by atoms with E-state index in [4.69, 9.17) is 5.73 Å². The van der Waals surface area contributed by atoms with E-state index in [-0.39, 0.29) is 6.04 Å². The van der Waals surface area contributed by atoms with Gasteiger partial charge in [-0.2, -0.15) is 0 Å². The number of nitrogens with one attached hydrogen (secondary N) is 1. The molecule has 3 N–H and O–H groups in total. The first-order chi connectivity index (χ1) is 8.34. The Morgan fingerprint density at radius 3 is 2.18 bits per heavy atom. The van der Waals surface area contributed by atoms with E-state index < -0.39 is 0 Å². The highest BCUT2D eigenvalue weighted by Gasteiger charge is 2.41. The molecule has 0 bridgehead atoms. The van der Waals surface area contributed by atoms with Gasteiger partial charge in [0, 0.05) is 18.6 Å². The van der Waals surface area contributed by atoms with Crippen LogP contribution in [0, 0.1) is 11.8 Å². The van der Waals surface area contributed by atoms with E-state index in [2.05, 4.69) is 29.6 Å². The van der Waals surface area contributed by atoms with Gasteiger partial charge in [-0.15, -0.1) is 0 Å². The molecule has 1 aromatic carbocycles. The Labute approximate surface area is 104 Å². The van der Waals surface area contributed by atoms with Crippen LogP contribution in [0.2, 0.25) is 0 Å². The molecule has 0 spiro atoms. The summed E-state index contributed by atoms with van der Waals surface area (Å²) in [6.07, 6.45) is 5.70. The molecule has 0 aliphatic heterocycles. The number of hydrogen-bond donors (Lipinski definition) is 2. The van der Waals surface area contributed by atoms with Crippen LogP contribution in [0.4, 0.5) is 0 Å². The van der Waals surface area contributed by atoms with Gasteiger partial charge in [-0.25, -0.2) is 0 Å². The maximum atomic E-state index is 6.22. The van der Waals surface area contributed by atoms with Crippen LogP contribution in [0.25, 0.3) is 0 Å². The summed E-state index contributed by atoms with van der Waals surface area (Å²) in [6.45, 7) is 0.918. The SMILES string of the molecule is N[C@H](CNC(C1CC1)C1CC1)c1ccccc1. The Morgan fingerprint density at radius 1 is 1.06 bits per heavy atom. The Morgan fingerprint density at radius 2 is 1.65 bits per heavy atom. The van der Waals surface area contributed by atoms with Gasteiger partial charge in [0.2, 0.25) is 0 Å². The van der Waals surface area contributed by atoms with Gasteiger partial charge < -0.3 is 11.1 Å². The summed E-state index contributed by atoms with van der Waals surface area (Å²) >= 11 is 0. The van der Waals surface area contributed by atoms with E-state index in [1.54, 1.807) is 0 Å². The van der Waals surface area contributed by atoms with Crippen molar-refractivity contribution >= 4 is 0 Å². The molecular weight excluding hydrogens is 208 g/mol. The molecule has 2 nitrogen and oxygen atoms in total. The van der Waals surface area contributed by atoms with Gasteiger partial charge in [0.05, 0.1) is 0 Å². The molecule has 0 heterocycles. The smallest absolute Gasteiger partial charge is 0.0421 e. The van der Waals surface area contributed by atoms with Crippen molar-refractivity contribution in [3.63, 3.8) is 0 Å². The predicted octanol–water partition coefficient (Wildman–Crippen LogP) is 2.46. The van der Waals surface area contributed by atoms with Crippen molar-refractivity contribution in [3.05, 3.63) is 35.9 Å². The Hall–Kier alpha value is -0.860. The molecule has 92 valence electrons. The molecule has 0 saturated heterocycles. The summed E-state index contributed by atoms with van der Waals surface area (Å²) < 4.78 is 0. The number of rotatable bonds is 6. The lowest BCUT2D eigenvalue weighted by atomic mass is 10.0. The highest BCUT2D eigenvalue weighted by atomic mass is 15.0. The first-order valence-electron chi connectivity index (χ1n) is 6.88. The van der Waals surface area contributed by atoms with E-state index in [9.17, 15) is 0 Å². The van der Waals surface area contributed by atoms with Gasteiger partial charge in [-0.1, -0.05) is 30.3 Å². The molecule has 0 aromatic heterocycles.